The van der Waals surface area contributed by atoms with Crippen LogP contribution in [0.15, 0.2) is 70.7 Å². The highest BCUT2D eigenvalue weighted by Crippen LogP contribution is 2.32. The summed E-state index contributed by atoms with van der Waals surface area (Å²) in [5.41, 5.74) is 1.95. The first-order chi connectivity index (χ1) is 14.4. The molecule has 0 aliphatic heterocycles. The summed E-state index contributed by atoms with van der Waals surface area (Å²) in [5, 5.41) is 15.1. The van der Waals surface area contributed by atoms with E-state index in [2.05, 4.69) is 11.7 Å². The molecule has 8 heteroatoms. The average molecular weight is 451 g/mol. The third kappa shape index (κ3) is 6.62. The number of carboxylic acid groups (broad SMARTS) is 1. The van der Waals surface area contributed by atoms with Gasteiger partial charge in [0, 0.05) is 17.2 Å². The number of halogens is 3. The maximum atomic E-state index is 12.7. The van der Waals surface area contributed by atoms with Crippen LogP contribution in [0.5, 0.6) is 0 Å². The number of thioether (sulfide) groups is 1. The molecule has 0 amide bonds. The summed E-state index contributed by atoms with van der Waals surface area (Å²) < 4.78 is 38.2. The Kier molecular flexibility index (Phi) is 7.95. The van der Waals surface area contributed by atoms with Gasteiger partial charge in [0.05, 0.1) is 22.9 Å². The first kappa shape index (κ1) is 24.5. The summed E-state index contributed by atoms with van der Waals surface area (Å²) >= 11 is 1.53. The van der Waals surface area contributed by atoms with Gasteiger partial charge in [0.2, 0.25) is 0 Å². The molecule has 0 saturated heterocycles. The molecular formula is C23H25F3N2O2S. The van der Waals surface area contributed by atoms with Crippen LogP contribution in [0.1, 0.15) is 37.8 Å². The summed E-state index contributed by atoms with van der Waals surface area (Å²) in [4.78, 5) is 12.1. The van der Waals surface area contributed by atoms with Gasteiger partial charge in [-0.15, -0.1) is 11.8 Å². The lowest BCUT2D eigenvalue weighted by atomic mass is 10.0. The fourth-order valence-corrected chi connectivity index (χ4v) is 3.86. The molecule has 2 rings (SSSR count). The predicted molar refractivity (Wildman–Crippen MR) is 120 cm³/mol. The van der Waals surface area contributed by atoms with E-state index in [-0.39, 0.29) is 5.25 Å². The Bertz CT molecular complexity index is 972. The Balaban J connectivity index is 2.09. The molecule has 0 aromatic heterocycles. The second-order valence-corrected chi connectivity index (χ2v) is 8.59. The Morgan fingerprint density at radius 2 is 1.77 bits per heavy atom. The van der Waals surface area contributed by atoms with Crippen molar-refractivity contribution in [1.29, 1.82) is 0 Å². The number of hydrogen-bond acceptors (Lipinski definition) is 4. The maximum Gasteiger partial charge on any atom is 0.416 e. The van der Waals surface area contributed by atoms with Gasteiger partial charge in [-0.3, -0.25) is 9.80 Å². The van der Waals surface area contributed by atoms with Gasteiger partial charge in [0.1, 0.15) is 0 Å². The predicted octanol–water partition coefficient (Wildman–Crippen LogP) is 6.44. The fourth-order valence-electron chi connectivity index (χ4n) is 2.78. The SMILES string of the molecule is C=C(/C(C)=N\N(C)c1ccc(C(F)(F)F)cc1)C(C)Sc1cccc(C(C)C(=O)O)c1. The monoisotopic (exact) mass is 450 g/mol. The van der Waals surface area contributed by atoms with Crippen LogP contribution in [0.3, 0.4) is 0 Å². The van der Waals surface area contributed by atoms with E-state index in [4.69, 9.17) is 0 Å². The van der Waals surface area contributed by atoms with E-state index in [0.717, 1.165) is 28.2 Å². The smallest absolute Gasteiger partial charge is 0.416 e. The van der Waals surface area contributed by atoms with Gasteiger partial charge < -0.3 is 5.11 Å². The largest absolute Gasteiger partial charge is 0.481 e. The molecule has 0 saturated carbocycles. The zero-order chi connectivity index (χ0) is 23.3. The zero-order valence-corrected chi connectivity index (χ0v) is 18.6. The molecule has 0 heterocycles. The van der Waals surface area contributed by atoms with Crippen molar-refractivity contribution >= 4 is 29.1 Å². The fraction of sp³-hybridized carbons (Fsp3) is 0.304. The van der Waals surface area contributed by atoms with Crippen LogP contribution in [0, 0.1) is 0 Å². The topological polar surface area (TPSA) is 52.9 Å². The van der Waals surface area contributed by atoms with Crippen LogP contribution < -0.4 is 5.01 Å². The Hall–Kier alpha value is -2.74. The van der Waals surface area contributed by atoms with Gasteiger partial charge >= 0.3 is 12.1 Å². The van der Waals surface area contributed by atoms with Crippen molar-refractivity contribution in [2.75, 3.05) is 12.1 Å². The number of hydrogen-bond donors (Lipinski definition) is 1. The molecule has 2 aromatic rings. The van der Waals surface area contributed by atoms with Crippen molar-refractivity contribution in [2.45, 2.75) is 43.0 Å². The number of aliphatic carboxylic acids is 1. The first-order valence-corrected chi connectivity index (χ1v) is 10.4. The molecular weight excluding hydrogens is 425 g/mol. The summed E-state index contributed by atoms with van der Waals surface area (Å²) in [6, 6.07) is 12.2. The van der Waals surface area contributed by atoms with Gasteiger partial charge in [0.15, 0.2) is 0 Å². The number of alkyl halides is 3. The minimum atomic E-state index is -4.38. The lowest BCUT2D eigenvalue weighted by Crippen LogP contribution is -2.16. The molecule has 2 atom stereocenters. The molecule has 1 N–H and O–H groups in total. The van der Waals surface area contributed by atoms with E-state index in [1.54, 1.807) is 27.0 Å². The molecule has 0 spiro atoms. The van der Waals surface area contributed by atoms with Gasteiger partial charge in [-0.25, -0.2) is 0 Å². The van der Waals surface area contributed by atoms with Crippen molar-refractivity contribution in [3.05, 3.63) is 71.8 Å². The summed E-state index contributed by atoms with van der Waals surface area (Å²) in [5.74, 6) is -1.48. The average Bonchev–Trinajstić information content (AvgIpc) is 2.72. The van der Waals surface area contributed by atoms with Crippen LogP contribution in [-0.2, 0) is 11.0 Å². The van der Waals surface area contributed by atoms with Crippen LogP contribution in [0.25, 0.3) is 0 Å². The van der Waals surface area contributed by atoms with E-state index in [0.29, 0.717) is 11.4 Å². The van der Waals surface area contributed by atoms with Crippen LogP contribution in [0.2, 0.25) is 0 Å². The highest BCUT2D eigenvalue weighted by atomic mass is 32.2. The molecule has 0 aliphatic carbocycles. The van der Waals surface area contributed by atoms with Crippen molar-refractivity contribution in [2.24, 2.45) is 5.10 Å². The number of hydrazone groups is 1. The van der Waals surface area contributed by atoms with Crippen molar-refractivity contribution in [3.63, 3.8) is 0 Å². The second-order valence-electron chi connectivity index (χ2n) is 7.17. The Morgan fingerprint density at radius 1 is 1.16 bits per heavy atom. The zero-order valence-electron chi connectivity index (χ0n) is 17.8. The molecule has 31 heavy (non-hydrogen) atoms. The minimum absolute atomic E-state index is 0.0415. The molecule has 4 nitrogen and oxygen atoms in total. The van der Waals surface area contributed by atoms with E-state index in [1.807, 2.05) is 25.1 Å². The Morgan fingerprint density at radius 3 is 2.32 bits per heavy atom. The highest BCUT2D eigenvalue weighted by molar-refractivity contribution is 8.00. The van der Waals surface area contributed by atoms with E-state index >= 15 is 0 Å². The van der Waals surface area contributed by atoms with Crippen LogP contribution in [-0.4, -0.2) is 29.1 Å². The molecule has 0 fully saturated rings. The number of rotatable bonds is 8. The summed E-state index contributed by atoms with van der Waals surface area (Å²) in [6.45, 7) is 9.51. The normalized spacial score (nSPS) is 14.1. The Labute approximate surface area is 184 Å². The molecule has 2 aromatic carbocycles. The van der Waals surface area contributed by atoms with Crippen molar-refractivity contribution in [1.82, 2.24) is 0 Å². The van der Waals surface area contributed by atoms with Crippen molar-refractivity contribution < 1.29 is 23.1 Å². The first-order valence-electron chi connectivity index (χ1n) is 9.55. The second kappa shape index (κ2) is 10.0. The maximum absolute atomic E-state index is 12.7. The van der Waals surface area contributed by atoms with E-state index in [9.17, 15) is 23.1 Å². The molecule has 0 radical (unpaired) electrons. The minimum Gasteiger partial charge on any atom is -0.481 e. The van der Waals surface area contributed by atoms with Gasteiger partial charge in [-0.2, -0.15) is 18.3 Å². The molecule has 2 unspecified atom stereocenters. The lowest BCUT2D eigenvalue weighted by Gasteiger charge is -2.19. The molecule has 166 valence electrons. The number of anilines is 1. The summed E-state index contributed by atoms with van der Waals surface area (Å²) in [6.07, 6.45) is -4.38. The van der Waals surface area contributed by atoms with Gasteiger partial charge in [-0.1, -0.05) is 18.7 Å². The third-order valence-electron chi connectivity index (χ3n) is 4.87. The van der Waals surface area contributed by atoms with E-state index in [1.165, 1.54) is 28.9 Å². The quantitative estimate of drug-likeness (QED) is 0.286. The molecule has 0 bridgehead atoms. The van der Waals surface area contributed by atoms with Gasteiger partial charge in [0.25, 0.3) is 0 Å². The molecule has 0 aliphatic rings. The van der Waals surface area contributed by atoms with E-state index < -0.39 is 23.6 Å². The van der Waals surface area contributed by atoms with Crippen LogP contribution in [0.4, 0.5) is 18.9 Å². The number of nitrogens with zero attached hydrogens (tertiary/aromatic N) is 2. The number of carbonyl (C=O) groups is 1. The standard InChI is InChI=1S/C23H25F3N2O2S/c1-14(17(4)31-21-8-6-7-18(13-21)15(2)22(29)30)16(3)27-28(5)20-11-9-19(10-12-20)23(24,25)26/h6-13,15,17H,1H2,2-5H3,(H,29,30)/b27-16-. The summed E-state index contributed by atoms with van der Waals surface area (Å²) in [7, 11) is 1.66. The van der Waals surface area contributed by atoms with Crippen LogP contribution >= 0.6 is 11.8 Å². The number of benzene rings is 2. The van der Waals surface area contributed by atoms with Crippen molar-refractivity contribution in [3.8, 4) is 0 Å². The highest BCUT2D eigenvalue weighted by Gasteiger charge is 2.30. The van der Waals surface area contributed by atoms with Gasteiger partial charge in [-0.05, 0) is 68.3 Å². The third-order valence-corrected chi connectivity index (χ3v) is 6.03. The lowest BCUT2D eigenvalue weighted by molar-refractivity contribution is -0.138. The number of carboxylic acids is 1.